The number of hydrogen-bond donors (Lipinski definition) is 1. The summed E-state index contributed by atoms with van der Waals surface area (Å²) < 4.78 is 2.50. The van der Waals surface area contributed by atoms with Crippen LogP contribution in [0.1, 0.15) is 41.3 Å². The highest BCUT2D eigenvalue weighted by Gasteiger charge is 2.35. The summed E-state index contributed by atoms with van der Waals surface area (Å²) in [7, 11) is 4.03. The number of anilines is 1. The summed E-state index contributed by atoms with van der Waals surface area (Å²) in [5.41, 5.74) is 10.4. The Hall–Kier alpha value is -3.12. The fourth-order valence-corrected chi connectivity index (χ4v) is 5.24. The second-order valence-electron chi connectivity index (χ2n) is 9.19. The number of fused-ring (bicyclic) bond motifs is 3. The van der Waals surface area contributed by atoms with Crippen molar-refractivity contribution >= 4 is 28.7 Å². The van der Waals surface area contributed by atoms with Gasteiger partial charge >= 0.3 is 0 Å². The molecule has 2 heterocycles. The van der Waals surface area contributed by atoms with Crippen molar-refractivity contribution in [2.75, 3.05) is 32.1 Å². The highest BCUT2D eigenvalue weighted by atomic mass is 16.2. The molecule has 0 bridgehead atoms. The summed E-state index contributed by atoms with van der Waals surface area (Å²) >= 11 is 0. The molecule has 0 fully saturated rings. The van der Waals surface area contributed by atoms with E-state index in [1.165, 1.54) is 34.1 Å². The first-order valence-electron chi connectivity index (χ1n) is 11.5. The van der Waals surface area contributed by atoms with Gasteiger partial charge in [-0.2, -0.15) is 5.10 Å². The third kappa shape index (κ3) is 3.79. The second kappa shape index (κ2) is 8.43. The molecule has 2 aromatic carbocycles. The van der Waals surface area contributed by atoms with Crippen molar-refractivity contribution in [3.63, 3.8) is 0 Å². The molecule has 1 N–H and O–H groups in total. The molecule has 1 aromatic heterocycles. The van der Waals surface area contributed by atoms with Gasteiger partial charge in [0.1, 0.15) is 0 Å². The third-order valence-electron chi connectivity index (χ3n) is 6.80. The number of benzene rings is 2. The zero-order valence-electron chi connectivity index (χ0n) is 19.1. The van der Waals surface area contributed by atoms with E-state index in [0.717, 1.165) is 37.2 Å². The molecule has 3 aromatic rings. The van der Waals surface area contributed by atoms with Gasteiger partial charge in [0.05, 0.1) is 18.8 Å². The Balaban J connectivity index is 1.28. The second-order valence-corrected chi connectivity index (χ2v) is 9.19. The van der Waals surface area contributed by atoms with E-state index >= 15 is 0 Å². The molecule has 1 aliphatic carbocycles. The molecule has 1 atom stereocenters. The molecule has 1 aliphatic heterocycles. The molecule has 5 rings (SSSR count). The van der Waals surface area contributed by atoms with Crippen LogP contribution in [0.15, 0.2) is 47.6 Å². The molecule has 6 nitrogen and oxygen atoms in total. The summed E-state index contributed by atoms with van der Waals surface area (Å²) in [4.78, 5) is 17.0. The lowest BCUT2D eigenvalue weighted by Crippen LogP contribution is -2.44. The van der Waals surface area contributed by atoms with E-state index in [-0.39, 0.29) is 5.91 Å². The number of aromatic nitrogens is 1. The van der Waals surface area contributed by atoms with Crippen molar-refractivity contribution in [1.82, 2.24) is 14.9 Å². The Morgan fingerprint density at radius 1 is 1.19 bits per heavy atom. The van der Waals surface area contributed by atoms with Crippen molar-refractivity contribution in [3.8, 4) is 0 Å². The van der Waals surface area contributed by atoms with Crippen LogP contribution in [0.3, 0.4) is 0 Å². The maximum absolute atomic E-state index is 12.7. The average Bonchev–Trinajstić information content (AvgIpc) is 3.10. The fraction of sp³-hybridized carbons (Fsp3) is 0.385. The largest absolute Gasteiger partial charge is 0.378 e. The minimum atomic E-state index is -0.0568. The number of nitrogens with one attached hydrogen (secondary N) is 1. The van der Waals surface area contributed by atoms with Gasteiger partial charge in [-0.05, 0) is 61.6 Å². The molecule has 32 heavy (non-hydrogen) atoms. The van der Waals surface area contributed by atoms with Crippen LogP contribution >= 0.6 is 0 Å². The quantitative estimate of drug-likeness (QED) is 0.495. The molecule has 1 amide bonds. The number of aryl methyl sites for hydroxylation is 2. The van der Waals surface area contributed by atoms with Crippen LogP contribution < -0.4 is 10.3 Å². The highest BCUT2D eigenvalue weighted by Crippen LogP contribution is 2.42. The third-order valence-corrected chi connectivity index (χ3v) is 6.80. The van der Waals surface area contributed by atoms with Gasteiger partial charge in [-0.1, -0.05) is 23.8 Å². The first-order valence-corrected chi connectivity index (χ1v) is 11.5. The molecule has 0 unspecified atom stereocenters. The first-order chi connectivity index (χ1) is 15.5. The van der Waals surface area contributed by atoms with Gasteiger partial charge < -0.3 is 9.47 Å². The molecule has 0 radical (unpaired) electrons. The molecule has 6 heteroatoms. The summed E-state index contributed by atoms with van der Waals surface area (Å²) in [5, 5.41) is 5.59. The average molecular weight is 430 g/mol. The van der Waals surface area contributed by atoms with E-state index in [1.54, 1.807) is 6.21 Å². The zero-order valence-corrected chi connectivity index (χ0v) is 19.1. The number of carbonyl (C=O) groups excluding carboxylic acids is 1. The van der Waals surface area contributed by atoms with E-state index in [9.17, 15) is 4.79 Å². The van der Waals surface area contributed by atoms with Crippen molar-refractivity contribution in [3.05, 3.63) is 64.8 Å². The highest BCUT2D eigenvalue weighted by molar-refractivity contribution is 5.87. The van der Waals surface area contributed by atoms with Crippen LogP contribution in [0, 0.1) is 6.92 Å². The molecule has 0 spiro atoms. The molecule has 2 aliphatic rings. The normalized spacial score (nSPS) is 18.2. The lowest BCUT2D eigenvalue weighted by Gasteiger charge is -2.39. The standard InChI is InChI=1S/C26H31N5O/c1-18-7-12-23-22(15-18)21-5-4-6-24-26(21)31(23)14-13-30(24)17-25(32)28-27-16-19-8-10-20(11-9-19)29(2)3/h7-12,15-16,24H,4-6,13-14,17H2,1-3H3,(H,28,32)/b27-16-/t24-/m1/s1. The summed E-state index contributed by atoms with van der Waals surface area (Å²) in [5.74, 6) is -0.0568. The molecule has 0 saturated heterocycles. The lowest BCUT2D eigenvalue weighted by molar-refractivity contribution is -0.123. The summed E-state index contributed by atoms with van der Waals surface area (Å²) in [6.45, 7) is 4.36. The molecule has 166 valence electrons. The predicted octanol–water partition coefficient (Wildman–Crippen LogP) is 3.86. The smallest absolute Gasteiger partial charge is 0.254 e. The van der Waals surface area contributed by atoms with Crippen LogP contribution in [0.2, 0.25) is 0 Å². The number of amides is 1. The van der Waals surface area contributed by atoms with Gasteiger partial charge in [-0.15, -0.1) is 0 Å². The van der Waals surface area contributed by atoms with Crippen molar-refractivity contribution in [1.29, 1.82) is 0 Å². The number of rotatable bonds is 5. The van der Waals surface area contributed by atoms with Gasteiger partial charge in [0, 0.05) is 49.5 Å². The topological polar surface area (TPSA) is 52.9 Å². The van der Waals surface area contributed by atoms with Crippen LogP contribution in [0.4, 0.5) is 5.69 Å². The number of nitrogens with zero attached hydrogens (tertiary/aromatic N) is 4. The SMILES string of the molecule is Cc1ccc2c(c1)c1c3n2CCN(CC(=O)N/N=C\c2ccc(N(C)C)cc2)[C@@H]3CCC1. The minimum Gasteiger partial charge on any atom is -0.378 e. The Labute approximate surface area is 189 Å². The van der Waals surface area contributed by atoms with Crippen LogP contribution in [-0.4, -0.2) is 48.8 Å². The number of hydrogen-bond acceptors (Lipinski definition) is 4. The van der Waals surface area contributed by atoms with Crippen LogP contribution in [-0.2, 0) is 17.8 Å². The van der Waals surface area contributed by atoms with E-state index in [0.29, 0.717) is 12.6 Å². The van der Waals surface area contributed by atoms with Gasteiger partial charge in [-0.25, -0.2) is 5.43 Å². The van der Waals surface area contributed by atoms with Crippen molar-refractivity contribution in [2.24, 2.45) is 5.10 Å². The molecule has 0 saturated carbocycles. The molecular weight excluding hydrogens is 398 g/mol. The Bertz CT molecular complexity index is 1180. The summed E-state index contributed by atoms with van der Waals surface area (Å²) in [6.07, 6.45) is 5.11. The van der Waals surface area contributed by atoms with E-state index in [2.05, 4.69) is 50.0 Å². The van der Waals surface area contributed by atoms with Crippen molar-refractivity contribution < 1.29 is 4.79 Å². The first kappa shape index (κ1) is 20.8. The monoisotopic (exact) mass is 429 g/mol. The van der Waals surface area contributed by atoms with Gasteiger partial charge in [0.25, 0.3) is 5.91 Å². The zero-order chi connectivity index (χ0) is 22.2. The maximum Gasteiger partial charge on any atom is 0.254 e. The van der Waals surface area contributed by atoms with E-state index in [1.807, 2.05) is 38.4 Å². The number of carbonyl (C=O) groups is 1. The van der Waals surface area contributed by atoms with Gasteiger partial charge in [0.15, 0.2) is 0 Å². The Kier molecular flexibility index (Phi) is 5.47. The summed E-state index contributed by atoms with van der Waals surface area (Å²) in [6, 6.07) is 15.2. The maximum atomic E-state index is 12.7. The Morgan fingerprint density at radius 2 is 2.00 bits per heavy atom. The fourth-order valence-electron chi connectivity index (χ4n) is 5.24. The predicted molar refractivity (Wildman–Crippen MR) is 130 cm³/mol. The Morgan fingerprint density at radius 3 is 2.78 bits per heavy atom. The number of hydrazone groups is 1. The minimum absolute atomic E-state index is 0.0568. The van der Waals surface area contributed by atoms with Crippen molar-refractivity contribution in [2.45, 2.75) is 38.8 Å². The van der Waals surface area contributed by atoms with E-state index in [4.69, 9.17) is 0 Å². The molecular formula is C26H31N5O. The lowest BCUT2D eigenvalue weighted by atomic mass is 9.89. The van der Waals surface area contributed by atoms with E-state index < -0.39 is 0 Å². The van der Waals surface area contributed by atoms with Gasteiger partial charge in [0.2, 0.25) is 0 Å². The van der Waals surface area contributed by atoms with Gasteiger partial charge in [-0.3, -0.25) is 9.69 Å². The van der Waals surface area contributed by atoms with Crippen LogP contribution in [0.5, 0.6) is 0 Å². The van der Waals surface area contributed by atoms with Crippen LogP contribution in [0.25, 0.3) is 10.9 Å².